The van der Waals surface area contributed by atoms with Crippen molar-refractivity contribution in [3.8, 4) is 0 Å². The molecule has 5 nitrogen and oxygen atoms in total. The van der Waals surface area contributed by atoms with Crippen LogP contribution in [0.5, 0.6) is 0 Å². The highest BCUT2D eigenvalue weighted by Crippen LogP contribution is 2.19. The molecule has 2 aromatic rings. The lowest BCUT2D eigenvalue weighted by Gasteiger charge is -2.28. The molecule has 3 rings (SSSR count). The average Bonchev–Trinajstić information content (AvgIpc) is 2.57. The number of benzene rings is 1. The summed E-state index contributed by atoms with van der Waals surface area (Å²) < 4.78 is 5.78. The quantitative estimate of drug-likeness (QED) is 0.855. The highest BCUT2D eigenvalue weighted by atomic mass is 32.1. The number of pyridine rings is 1. The maximum atomic E-state index is 12.2. The maximum absolute atomic E-state index is 12.2. The summed E-state index contributed by atoms with van der Waals surface area (Å²) in [4.78, 5) is 17.3. The minimum Gasteiger partial charge on any atom is -0.378 e. The molecule has 1 aliphatic heterocycles. The van der Waals surface area contributed by atoms with Crippen LogP contribution in [0.4, 0.5) is 11.4 Å². The van der Waals surface area contributed by atoms with Gasteiger partial charge in [-0.3, -0.25) is 4.79 Å². The van der Waals surface area contributed by atoms with Gasteiger partial charge >= 0.3 is 0 Å². The lowest BCUT2D eigenvalue weighted by Crippen LogP contribution is -2.36. The van der Waals surface area contributed by atoms with Crippen LogP contribution in [0.1, 0.15) is 10.4 Å². The minimum absolute atomic E-state index is 0.207. The fraction of sp³-hybridized carbons (Fsp3) is 0.250. The van der Waals surface area contributed by atoms with Gasteiger partial charge in [-0.05, 0) is 36.4 Å². The van der Waals surface area contributed by atoms with Gasteiger partial charge in [-0.2, -0.15) is 0 Å². The van der Waals surface area contributed by atoms with E-state index in [0.29, 0.717) is 10.2 Å². The van der Waals surface area contributed by atoms with E-state index in [4.69, 9.17) is 17.0 Å². The number of hydrogen-bond donors (Lipinski definition) is 2. The van der Waals surface area contributed by atoms with Crippen LogP contribution in [0.3, 0.4) is 0 Å². The Bertz CT molecular complexity index is 706. The van der Waals surface area contributed by atoms with Crippen molar-refractivity contribution in [3.05, 3.63) is 52.8 Å². The molecule has 0 spiro atoms. The molecular weight excluding hydrogens is 298 g/mol. The largest absolute Gasteiger partial charge is 0.378 e. The zero-order chi connectivity index (χ0) is 15.4. The lowest BCUT2D eigenvalue weighted by molar-refractivity contribution is 0.102. The summed E-state index contributed by atoms with van der Waals surface area (Å²) in [5.41, 5.74) is 2.35. The van der Waals surface area contributed by atoms with Gasteiger partial charge in [0.2, 0.25) is 0 Å². The summed E-state index contributed by atoms with van der Waals surface area (Å²) in [5, 5.41) is 2.86. The van der Waals surface area contributed by atoms with Gasteiger partial charge in [0.05, 0.1) is 18.8 Å². The monoisotopic (exact) mass is 315 g/mol. The molecule has 2 heterocycles. The van der Waals surface area contributed by atoms with Crippen LogP contribution >= 0.6 is 12.2 Å². The summed E-state index contributed by atoms with van der Waals surface area (Å²) in [6.45, 7) is 3.30. The van der Waals surface area contributed by atoms with Gasteiger partial charge in [0.25, 0.3) is 5.91 Å². The molecule has 1 saturated heterocycles. The molecule has 0 aliphatic carbocycles. The summed E-state index contributed by atoms with van der Waals surface area (Å²) in [5.74, 6) is -0.207. The number of carbonyl (C=O) groups is 1. The molecule has 1 aromatic heterocycles. The number of nitrogens with one attached hydrogen (secondary N) is 2. The van der Waals surface area contributed by atoms with Crippen molar-refractivity contribution < 1.29 is 9.53 Å². The van der Waals surface area contributed by atoms with Gasteiger partial charge in [0, 0.05) is 30.7 Å². The Labute approximate surface area is 133 Å². The second-order valence-corrected chi connectivity index (χ2v) is 5.42. The molecule has 1 aliphatic rings. The predicted octanol–water partition coefficient (Wildman–Crippen LogP) is 2.83. The molecule has 0 unspecified atom stereocenters. The fourth-order valence-corrected chi connectivity index (χ4v) is 2.60. The molecule has 114 valence electrons. The Kier molecular flexibility index (Phi) is 4.50. The van der Waals surface area contributed by atoms with Gasteiger partial charge in [-0.25, -0.2) is 0 Å². The first-order chi connectivity index (χ1) is 10.7. The van der Waals surface area contributed by atoms with Crippen molar-refractivity contribution >= 4 is 29.5 Å². The SMILES string of the molecule is O=C(Nc1ccc(N2CCOCC2)cc1)c1ccc[nH]c1=S. The van der Waals surface area contributed by atoms with Gasteiger partial charge < -0.3 is 19.9 Å². The maximum Gasteiger partial charge on any atom is 0.258 e. The normalized spacial score (nSPS) is 14.6. The molecule has 0 radical (unpaired) electrons. The van der Waals surface area contributed by atoms with Crippen molar-refractivity contribution in [2.45, 2.75) is 0 Å². The van der Waals surface area contributed by atoms with Crippen molar-refractivity contribution in [2.24, 2.45) is 0 Å². The number of hydrogen-bond acceptors (Lipinski definition) is 4. The Morgan fingerprint density at radius 3 is 2.59 bits per heavy atom. The molecule has 6 heteroatoms. The number of nitrogens with zero attached hydrogens (tertiary/aromatic N) is 1. The molecule has 0 bridgehead atoms. The Hall–Kier alpha value is -2.18. The molecule has 1 fully saturated rings. The van der Waals surface area contributed by atoms with E-state index in [9.17, 15) is 4.79 Å². The van der Waals surface area contributed by atoms with Crippen LogP contribution in [-0.4, -0.2) is 37.2 Å². The average molecular weight is 315 g/mol. The number of aromatic nitrogens is 1. The predicted molar refractivity (Wildman–Crippen MR) is 89.1 cm³/mol. The molecule has 0 saturated carbocycles. The molecule has 22 heavy (non-hydrogen) atoms. The summed E-state index contributed by atoms with van der Waals surface area (Å²) in [6.07, 6.45) is 1.70. The Morgan fingerprint density at radius 2 is 1.91 bits per heavy atom. The third kappa shape index (κ3) is 3.35. The zero-order valence-corrected chi connectivity index (χ0v) is 12.9. The summed E-state index contributed by atoms with van der Waals surface area (Å²) in [6, 6.07) is 11.3. The Balaban J connectivity index is 1.69. The van der Waals surface area contributed by atoms with E-state index in [2.05, 4.69) is 15.2 Å². The van der Waals surface area contributed by atoms with E-state index < -0.39 is 0 Å². The number of ether oxygens (including phenoxy) is 1. The number of morpholine rings is 1. The van der Waals surface area contributed by atoms with Crippen LogP contribution in [-0.2, 0) is 4.74 Å². The van der Waals surface area contributed by atoms with Crippen LogP contribution < -0.4 is 10.2 Å². The molecular formula is C16H17N3O2S. The van der Waals surface area contributed by atoms with Crippen LogP contribution in [0.2, 0.25) is 0 Å². The van der Waals surface area contributed by atoms with E-state index in [-0.39, 0.29) is 5.91 Å². The van der Waals surface area contributed by atoms with E-state index in [1.165, 1.54) is 0 Å². The minimum atomic E-state index is -0.207. The fourth-order valence-electron chi connectivity index (χ4n) is 2.38. The van der Waals surface area contributed by atoms with Gasteiger partial charge in [-0.1, -0.05) is 12.2 Å². The van der Waals surface area contributed by atoms with Gasteiger partial charge in [-0.15, -0.1) is 0 Å². The lowest BCUT2D eigenvalue weighted by atomic mass is 10.2. The van der Waals surface area contributed by atoms with Crippen molar-refractivity contribution in [3.63, 3.8) is 0 Å². The highest BCUT2D eigenvalue weighted by molar-refractivity contribution is 7.71. The highest BCUT2D eigenvalue weighted by Gasteiger charge is 2.12. The third-order valence-electron chi connectivity index (χ3n) is 3.56. The van der Waals surface area contributed by atoms with Crippen molar-refractivity contribution in [2.75, 3.05) is 36.5 Å². The smallest absolute Gasteiger partial charge is 0.258 e. The first-order valence-electron chi connectivity index (χ1n) is 7.16. The van der Waals surface area contributed by atoms with Crippen molar-refractivity contribution in [1.29, 1.82) is 0 Å². The van der Waals surface area contributed by atoms with E-state index in [1.54, 1.807) is 18.3 Å². The molecule has 2 N–H and O–H groups in total. The second-order valence-electron chi connectivity index (χ2n) is 5.01. The number of rotatable bonds is 3. The van der Waals surface area contributed by atoms with Crippen LogP contribution in [0.25, 0.3) is 0 Å². The summed E-state index contributed by atoms with van der Waals surface area (Å²) >= 11 is 5.12. The van der Waals surface area contributed by atoms with Crippen LogP contribution in [0, 0.1) is 4.64 Å². The first-order valence-corrected chi connectivity index (χ1v) is 7.57. The Morgan fingerprint density at radius 1 is 1.18 bits per heavy atom. The number of anilines is 2. The second kappa shape index (κ2) is 6.72. The molecule has 1 aromatic carbocycles. The van der Waals surface area contributed by atoms with Crippen LogP contribution in [0.15, 0.2) is 42.6 Å². The first kappa shape index (κ1) is 14.7. The van der Waals surface area contributed by atoms with Gasteiger partial charge in [0.1, 0.15) is 4.64 Å². The summed E-state index contributed by atoms with van der Waals surface area (Å²) in [7, 11) is 0. The number of H-pyrrole nitrogens is 1. The zero-order valence-electron chi connectivity index (χ0n) is 12.0. The third-order valence-corrected chi connectivity index (χ3v) is 3.90. The molecule has 0 atom stereocenters. The van der Waals surface area contributed by atoms with E-state index >= 15 is 0 Å². The molecule has 1 amide bonds. The number of amides is 1. The van der Waals surface area contributed by atoms with E-state index in [1.807, 2.05) is 24.3 Å². The number of carbonyl (C=O) groups excluding carboxylic acids is 1. The number of aromatic amines is 1. The van der Waals surface area contributed by atoms with Crippen molar-refractivity contribution in [1.82, 2.24) is 4.98 Å². The topological polar surface area (TPSA) is 57.4 Å². The van der Waals surface area contributed by atoms with E-state index in [0.717, 1.165) is 37.7 Å². The van der Waals surface area contributed by atoms with Gasteiger partial charge in [0.15, 0.2) is 0 Å². The standard InChI is InChI=1S/C16H17N3O2S/c20-15(14-2-1-7-17-16(14)22)18-12-3-5-13(6-4-12)19-8-10-21-11-9-19/h1-7H,8-11H2,(H,17,22)(H,18,20).